The van der Waals surface area contributed by atoms with Crippen LogP contribution in [0.1, 0.15) is 37.8 Å². The fourth-order valence-corrected chi connectivity index (χ4v) is 3.84. The normalized spacial score (nSPS) is 33.7. The Morgan fingerprint density at radius 3 is 3.00 bits per heavy atom. The van der Waals surface area contributed by atoms with Crippen LogP contribution < -0.4 is 10.2 Å². The lowest BCUT2D eigenvalue weighted by Crippen LogP contribution is -2.47. The van der Waals surface area contributed by atoms with Crippen LogP contribution in [0.25, 0.3) is 0 Å². The number of pyridine rings is 1. The average Bonchev–Trinajstić information content (AvgIpc) is 2.99. The van der Waals surface area contributed by atoms with E-state index in [1.807, 2.05) is 26.4 Å². The molecule has 0 aromatic carbocycles. The van der Waals surface area contributed by atoms with Crippen molar-refractivity contribution in [2.24, 2.45) is 0 Å². The van der Waals surface area contributed by atoms with Gasteiger partial charge in [0.15, 0.2) is 0 Å². The number of rotatable bonds is 3. The molecule has 4 atom stereocenters. The molecule has 104 valence electrons. The number of hydrogen-bond donors (Lipinski definition) is 1. The topological polar surface area (TPSA) is 37.4 Å². The van der Waals surface area contributed by atoms with E-state index in [0.717, 1.165) is 12.2 Å². The van der Waals surface area contributed by atoms with Crippen LogP contribution >= 0.6 is 0 Å². The Morgan fingerprint density at radius 1 is 1.42 bits per heavy atom. The van der Waals surface area contributed by atoms with Crippen molar-refractivity contribution in [1.82, 2.24) is 10.3 Å². The average molecular weight is 261 g/mol. The number of methoxy groups -OCH3 is 1. The van der Waals surface area contributed by atoms with Gasteiger partial charge in [0.1, 0.15) is 5.82 Å². The lowest BCUT2D eigenvalue weighted by molar-refractivity contribution is 0.0910. The molecule has 1 aromatic rings. The molecule has 0 spiro atoms. The molecule has 1 N–H and O–H groups in total. The molecule has 1 aliphatic carbocycles. The Bertz CT molecular complexity index is 451. The monoisotopic (exact) mass is 261 g/mol. The Morgan fingerprint density at radius 2 is 2.26 bits per heavy atom. The van der Waals surface area contributed by atoms with E-state index in [-0.39, 0.29) is 0 Å². The van der Waals surface area contributed by atoms with Gasteiger partial charge in [-0.25, -0.2) is 4.98 Å². The van der Waals surface area contributed by atoms with Crippen molar-refractivity contribution in [2.45, 2.75) is 50.4 Å². The SMILES string of the molecule is CNC1c2cccnc2N([C@@H]2CCC[C@H]2OC)[C@H]1C. The largest absolute Gasteiger partial charge is 0.379 e. The van der Waals surface area contributed by atoms with Crippen LogP contribution in [0.4, 0.5) is 5.82 Å². The molecule has 1 unspecified atom stereocenters. The molecule has 19 heavy (non-hydrogen) atoms. The van der Waals surface area contributed by atoms with E-state index in [1.165, 1.54) is 18.4 Å². The van der Waals surface area contributed by atoms with Gasteiger partial charge in [-0.3, -0.25) is 0 Å². The van der Waals surface area contributed by atoms with Gasteiger partial charge in [-0.1, -0.05) is 6.07 Å². The molecule has 1 fully saturated rings. The number of nitrogens with one attached hydrogen (secondary N) is 1. The summed E-state index contributed by atoms with van der Waals surface area (Å²) >= 11 is 0. The summed E-state index contributed by atoms with van der Waals surface area (Å²) < 4.78 is 5.68. The maximum atomic E-state index is 5.68. The molecule has 4 nitrogen and oxygen atoms in total. The maximum Gasteiger partial charge on any atom is 0.134 e. The number of fused-ring (bicyclic) bond motifs is 1. The van der Waals surface area contributed by atoms with E-state index in [2.05, 4.69) is 28.2 Å². The van der Waals surface area contributed by atoms with Gasteiger partial charge >= 0.3 is 0 Å². The summed E-state index contributed by atoms with van der Waals surface area (Å²) in [4.78, 5) is 7.12. The van der Waals surface area contributed by atoms with Crippen LogP contribution in [0.2, 0.25) is 0 Å². The number of aromatic nitrogens is 1. The number of likely N-dealkylation sites (N-methyl/N-ethyl adjacent to an activating group) is 1. The van der Waals surface area contributed by atoms with Crippen molar-refractivity contribution in [3.8, 4) is 0 Å². The lowest BCUT2D eigenvalue weighted by atomic mass is 10.1. The van der Waals surface area contributed by atoms with E-state index in [0.29, 0.717) is 24.2 Å². The predicted octanol–water partition coefficient (Wildman–Crippen LogP) is 2.12. The van der Waals surface area contributed by atoms with Crippen LogP contribution in [0.3, 0.4) is 0 Å². The molecular formula is C15H23N3O. The smallest absolute Gasteiger partial charge is 0.134 e. The van der Waals surface area contributed by atoms with Gasteiger partial charge in [-0.15, -0.1) is 0 Å². The minimum Gasteiger partial charge on any atom is -0.379 e. The number of ether oxygens (including phenoxy) is 1. The molecule has 2 heterocycles. The third-order valence-electron chi connectivity index (χ3n) is 4.71. The molecule has 0 amide bonds. The second-order valence-corrected chi connectivity index (χ2v) is 5.60. The molecule has 0 radical (unpaired) electrons. The van der Waals surface area contributed by atoms with E-state index in [1.54, 1.807) is 0 Å². The summed E-state index contributed by atoms with van der Waals surface area (Å²) in [6, 6.07) is 5.47. The minimum absolute atomic E-state index is 0.341. The first-order valence-corrected chi connectivity index (χ1v) is 7.21. The van der Waals surface area contributed by atoms with Gasteiger partial charge in [-0.05, 0) is 39.3 Å². The van der Waals surface area contributed by atoms with Crippen LogP contribution in [-0.4, -0.2) is 37.3 Å². The van der Waals surface area contributed by atoms with E-state index < -0.39 is 0 Å². The van der Waals surface area contributed by atoms with Crippen molar-refractivity contribution < 1.29 is 4.74 Å². The first-order chi connectivity index (χ1) is 9.27. The molecule has 3 rings (SSSR count). The van der Waals surface area contributed by atoms with Gasteiger partial charge in [-0.2, -0.15) is 0 Å². The third kappa shape index (κ3) is 1.94. The Kier molecular flexibility index (Phi) is 3.46. The van der Waals surface area contributed by atoms with Crippen molar-refractivity contribution in [3.63, 3.8) is 0 Å². The zero-order valence-electron chi connectivity index (χ0n) is 12.0. The van der Waals surface area contributed by atoms with Crippen LogP contribution in [0.15, 0.2) is 18.3 Å². The highest BCUT2D eigenvalue weighted by Gasteiger charge is 2.43. The predicted molar refractivity (Wildman–Crippen MR) is 76.4 cm³/mol. The number of nitrogens with zero attached hydrogens (tertiary/aromatic N) is 2. The lowest BCUT2D eigenvalue weighted by Gasteiger charge is -2.35. The first-order valence-electron chi connectivity index (χ1n) is 7.21. The zero-order valence-corrected chi connectivity index (χ0v) is 12.0. The highest BCUT2D eigenvalue weighted by molar-refractivity contribution is 5.57. The van der Waals surface area contributed by atoms with Crippen LogP contribution in [-0.2, 0) is 4.74 Å². The summed E-state index contributed by atoms with van der Waals surface area (Å²) in [5.74, 6) is 1.14. The van der Waals surface area contributed by atoms with Gasteiger partial charge < -0.3 is 15.0 Å². The van der Waals surface area contributed by atoms with Crippen LogP contribution in [0.5, 0.6) is 0 Å². The van der Waals surface area contributed by atoms with E-state index >= 15 is 0 Å². The Labute approximate surface area is 115 Å². The van der Waals surface area contributed by atoms with Crippen molar-refractivity contribution in [3.05, 3.63) is 23.9 Å². The quantitative estimate of drug-likeness (QED) is 0.904. The maximum absolute atomic E-state index is 5.68. The Balaban J connectivity index is 1.97. The van der Waals surface area contributed by atoms with Crippen molar-refractivity contribution >= 4 is 5.82 Å². The minimum atomic E-state index is 0.341. The van der Waals surface area contributed by atoms with Gasteiger partial charge in [0, 0.05) is 24.9 Å². The van der Waals surface area contributed by atoms with Crippen molar-refractivity contribution in [2.75, 3.05) is 19.1 Å². The van der Waals surface area contributed by atoms with Crippen molar-refractivity contribution in [1.29, 1.82) is 0 Å². The zero-order chi connectivity index (χ0) is 13.4. The second-order valence-electron chi connectivity index (χ2n) is 5.60. The van der Waals surface area contributed by atoms with Gasteiger partial charge in [0.2, 0.25) is 0 Å². The summed E-state index contributed by atoms with van der Waals surface area (Å²) in [7, 11) is 3.86. The standard InChI is InChI=1S/C15H23N3O/c1-10-14(16-2)11-6-5-9-17-15(11)18(10)12-7-4-8-13(12)19-3/h5-6,9-10,12-14,16H,4,7-8H2,1-3H3/t10-,12+,13+,14?/m0/s1. The van der Waals surface area contributed by atoms with Crippen LogP contribution in [0, 0.1) is 0 Å². The van der Waals surface area contributed by atoms with E-state index in [9.17, 15) is 0 Å². The number of hydrogen-bond acceptors (Lipinski definition) is 4. The summed E-state index contributed by atoms with van der Waals surface area (Å²) in [6.07, 6.45) is 5.85. The number of anilines is 1. The highest BCUT2D eigenvalue weighted by Crippen LogP contribution is 2.42. The summed E-state index contributed by atoms with van der Waals surface area (Å²) in [5.41, 5.74) is 1.32. The van der Waals surface area contributed by atoms with Gasteiger partial charge in [0.25, 0.3) is 0 Å². The molecular weight excluding hydrogens is 238 g/mol. The summed E-state index contributed by atoms with van der Waals surface area (Å²) in [5, 5.41) is 3.43. The molecule has 4 heteroatoms. The Hall–Kier alpha value is -1.13. The van der Waals surface area contributed by atoms with Gasteiger partial charge in [0.05, 0.1) is 18.2 Å². The van der Waals surface area contributed by atoms with E-state index in [4.69, 9.17) is 4.74 Å². The fourth-order valence-electron chi connectivity index (χ4n) is 3.84. The molecule has 2 aliphatic rings. The molecule has 1 saturated carbocycles. The first kappa shape index (κ1) is 12.9. The third-order valence-corrected chi connectivity index (χ3v) is 4.71. The molecule has 0 saturated heterocycles. The molecule has 1 aliphatic heterocycles. The summed E-state index contributed by atoms with van der Waals surface area (Å²) in [6.45, 7) is 2.29. The highest BCUT2D eigenvalue weighted by atomic mass is 16.5. The fraction of sp³-hybridized carbons (Fsp3) is 0.667. The molecule has 0 bridgehead atoms. The molecule has 1 aromatic heterocycles. The second kappa shape index (κ2) is 5.10.